The van der Waals surface area contributed by atoms with Gasteiger partial charge >= 0.3 is 0 Å². The monoisotopic (exact) mass is 276 g/mol. The van der Waals surface area contributed by atoms with Gasteiger partial charge in [-0.25, -0.2) is 0 Å². The van der Waals surface area contributed by atoms with Crippen molar-refractivity contribution in [2.24, 2.45) is 23.2 Å². The number of aliphatic hydroxyl groups is 2. The number of ketones is 2. The molecule has 4 nitrogen and oxygen atoms in total. The van der Waals surface area contributed by atoms with E-state index in [1.165, 1.54) is 19.9 Å². The summed E-state index contributed by atoms with van der Waals surface area (Å²) in [5, 5.41) is 21.3. The first-order valence-electron chi connectivity index (χ1n) is 6.95. The molecule has 0 heterocycles. The lowest BCUT2D eigenvalue weighted by Gasteiger charge is -2.61. The summed E-state index contributed by atoms with van der Waals surface area (Å²) in [6.45, 7) is 6.75. The fraction of sp³-hybridized carbons (Fsp3) is 0.625. The summed E-state index contributed by atoms with van der Waals surface area (Å²) in [6.07, 6.45) is 5.01. The highest BCUT2D eigenvalue weighted by atomic mass is 16.3. The van der Waals surface area contributed by atoms with Gasteiger partial charge in [0.2, 0.25) is 0 Å². The zero-order valence-corrected chi connectivity index (χ0v) is 12.2. The van der Waals surface area contributed by atoms with Gasteiger partial charge in [-0.2, -0.15) is 0 Å². The zero-order valence-electron chi connectivity index (χ0n) is 12.2. The molecule has 4 aliphatic rings. The molecule has 2 bridgehead atoms. The predicted molar refractivity (Wildman–Crippen MR) is 72.7 cm³/mol. The summed E-state index contributed by atoms with van der Waals surface area (Å²) in [5.74, 6) is -2.10. The number of fused-ring (bicyclic) bond motifs is 1. The number of carbonyl (C=O) groups excluding carboxylic acids is 2. The molecule has 4 heteroatoms. The molecule has 1 fully saturated rings. The van der Waals surface area contributed by atoms with Crippen LogP contribution < -0.4 is 0 Å². The van der Waals surface area contributed by atoms with Crippen molar-refractivity contribution >= 4 is 11.6 Å². The van der Waals surface area contributed by atoms with Gasteiger partial charge in [-0.15, -0.1) is 0 Å². The van der Waals surface area contributed by atoms with E-state index in [-0.39, 0.29) is 11.6 Å². The minimum absolute atomic E-state index is 0.221. The Kier molecular flexibility index (Phi) is 2.39. The second-order valence-corrected chi connectivity index (χ2v) is 7.07. The fourth-order valence-corrected chi connectivity index (χ4v) is 4.67. The van der Waals surface area contributed by atoms with Gasteiger partial charge < -0.3 is 10.2 Å². The van der Waals surface area contributed by atoms with Crippen LogP contribution >= 0.6 is 0 Å². The second kappa shape index (κ2) is 3.49. The molecule has 0 spiro atoms. The molecular formula is C16H20O4. The summed E-state index contributed by atoms with van der Waals surface area (Å²) in [6, 6.07) is 0. The summed E-state index contributed by atoms with van der Waals surface area (Å²) < 4.78 is 0. The molecule has 0 aromatic carbocycles. The standard InChI is InChI=1S/C16H20O4/c1-8-7-9-13(18)16(4,20)11(8)12-14(9,2)6-5-10(17)15(12,3)19/h5-7,9,11-12,19-20H,1-4H3/t9-,11-,12+,14-,15-,16-/m0/s1. The zero-order chi connectivity index (χ0) is 15.1. The topological polar surface area (TPSA) is 74.6 Å². The van der Waals surface area contributed by atoms with Gasteiger partial charge in [0.25, 0.3) is 0 Å². The fourth-order valence-electron chi connectivity index (χ4n) is 4.67. The van der Waals surface area contributed by atoms with Crippen LogP contribution in [-0.2, 0) is 9.59 Å². The Hall–Kier alpha value is -1.26. The van der Waals surface area contributed by atoms with Gasteiger partial charge in [-0.05, 0) is 26.8 Å². The summed E-state index contributed by atoms with van der Waals surface area (Å²) in [7, 11) is 0. The maximum atomic E-state index is 12.5. The van der Waals surface area contributed by atoms with Crippen LogP contribution in [0.5, 0.6) is 0 Å². The van der Waals surface area contributed by atoms with E-state index >= 15 is 0 Å². The van der Waals surface area contributed by atoms with Gasteiger partial charge in [-0.3, -0.25) is 9.59 Å². The average molecular weight is 276 g/mol. The molecule has 0 saturated heterocycles. The highest BCUT2D eigenvalue weighted by Gasteiger charge is 2.68. The predicted octanol–water partition coefficient (Wildman–Crippen LogP) is 1.02. The van der Waals surface area contributed by atoms with Crippen molar-refractivity contribution in [2.75, 3.05) is 0 Å². The van der Waals surface area contributed by atoms with E-state index in [0.717, 1.165) is 5.57 Å². The Morgan fingerprint density at radius 1 is 1.10 bits per heavy atom. The molecule has 108 valence electrons. The van der Waals surface area contributed by atoms with Gasteiger partial charge in [0.05, 0.1) is 0 Å². The average Bonchev–Trinajstić information content (AvgIpc) is 2.33. The lowest BCUT2D eigenvalue weighted by atomic mass is 9.42. The van der Waals surface area contributed by atoms with Crippen molar-refractivity contribution in [3.8, 4) is 0 Å². The van der Waals surface area contributed by atoms with Crippen LogP contribution in [0.3, 0.4) is 0 Å². The molecule has 2 N–H and O–H groups in total. The van der Waals surface area contributed by atoms with E-state index < -0.39 is 34.4 Å². The lowest BCUT2D eigenvalue weighted by molar-refractivity contribution is -0.189. The summed E-state index contributed by atoms with van der Waals surface area (Å²) in [4.78, 5) is 24.6. The molecule has 1 saturated carbocycles. The minimum atomic E-state index is -1.56. The van der Waals surface area contributed by atoms with Crippen LogP contribution in [0.2, 0.25) is 0 Å². The van der Waals surface area contributed by atoms with Crippen LogP contribution in [0, 0.1) is 23.2 Å². The SMILES string of the molecule is CC1=C[C@H]2C(=O)[C@@](C)(O)[C@@H]1[C@@H]1[C@@]2(C)C=CC(=O)[C@]1(C)O. The maximum absolute atomic E-state index is 12.5. The van der Waals surface area contributed by atoms with Crippen LogP contribution in [0.4, 0.5) is 0 Å². The Morgan fingerprint density at radius 2 is 1.70 bits per heavy atom. The molecule has 4 aliphatic carbocycles. The van der Waals surface area contributed by atoms with Crippen LogP contribution in [0.1, 0.15) is 27.7 Å². The van der Waals surface area contributed by atoms with Crippen molar-refractivity contribution in [3.05, 3.63) is 23.8 Å². The number of carbonyl (C=O) groups is 2. The van der Waals surface area contributed by atoms with Gasteiger partial charge in [0, 0.05) is 23.2 Å². The smallest absolute Gasteiger partial charge is 0.186 e. The minimum Gasteiger partial charge on any atom is -0.382 e. The molecule has 0 aliphatic heterocycles. The summed E-state index contributed by atoms with van der Waals surface area (Å²) in [5.41, 5.74) is -2.83. The molecule has 20 heavy (non-hydrogen) atoms. The molecule has 0 unspecified atom stereocenters. The molecular weight excluding hydrogens is 256 g/mol. The maximum Gasteiger partial charge on any atom is 0.186 e. The normalized spacial score (nSPS) is 53.9. The quantitative estimate of drug-likeness (QED) is 0.648. The molecule has 4 rings (SSSR count). The van der Waals surface area contributed by atoms with Crippen molar-refractivity contribution in [1.82, 2.24) is 0 Å². The largest absolute Gasteiger partial charge is 0.382 e. The highest BCUT2D eigenvalue weighted by Crippen LogP contribution is 2.62. The van der Waals surface area contributed by atoms with E-state index in [4.69, 9.17) is 0 Å². The Balaban J connectivity index is 2.30. The van der Waals surface area contributed by atoms with Gasteiger partial charge in [0.1, 0.15) is 11.2 Å². The number of allylic oxidation sites excluding steroid dienone is 2. The molecule has 0 radical (unpaired) electrons. The number of rotatable bonds is 0. The Labute approximate surface area is 118 Å². The number of hydrogen-bond donors (Lipinski definition) is 2. The highest BCUT2D eigenvalue weighted by molar-refractivity contribution is 6.01. The van der Waals surface area contributed by atoms with E-state index in [0.29, 0.717) is 0 Å². The molecule has 6 atom stereocenters. The molecule has 0 aromatic heterocycles. The molecule has 0 aromatic rings. The van der Waals surface area contributed by atoms with Crippen LogP contribution in [0.25, 0.3) is 0 Å². The van der Waals surface area contributed by atoms with E-state index in [1.54, 1.807) is 6.08 Å². The Morgan fingerprint density at radius 3 is 2.30 bits per heavy atom. The first-order valence-corrected chi connectivity index (χ1v) is 6.95. The first-order chi connectivity index (χ1) is 9.04. The van der Waals surface area contributed by atoms with Gasteiger partial charge in [-0.1, -0.05) is 24.6 Å². The van der Waals surface area contributed by atoms with E-state index in [2.05, 4.69) is 0 Å². The third-order valence-electron chi connectivity index (χ3n) is 5.68. The first kappa shape index (κ1) is 13.7. The number of Topliss-reactive ketones (excluding diaryl/α,β-unsaturated/α-hetero) is 1. The van der Waals surface area contributed by atoms with Crippen LogP contribution in [0.15, 0.2) is 23.8 Å². The Bertz CT molecular complexity index is 581. The third-order valence-corrected chi connectivity index (χ3v) is 5.68. The van der Waals surface area contributed by atoms with Gasteiger partial charge in [0.15, 0.2) is 11.6 Å². The van der Waals surface area contributed by atoms with Crippen molar-refractivity contribution in [1.29, 1.82) is 0 Å². The van der Waals surface area contributed by atoms with E-state index in [1.807, 2.05) is 19.9 Å². The third kappa shape index (κ3) is 1.29. The van der Waals surface area contributed by atoms with Crippen LogP contribution in [-0.4, -0.2) is 33.0 Å². The number of hydrogen-bond acceptors (Lipinski definition) is 4. The van der Waals surface area contributed by atoms with Crippen molar-refractivity contribution < 1.29 is 19.8 Å². The second-order valence-electron chi connectivity index (χ2n) is 7.07. The van der Waals surface area contributed by atoms with E-state index in [9.17, 15) is 19.8 Å². The van der Waals surface area contributed by atoms with Crippen molar-refractivity contribution in [3.63, 3.8) is 0 Å². The van der Waals surface area contributed by atoms with Crippen molar-refractivity contribution in [2.45, 2.75) is 38.9 Å². The molecule has 0 amide bonds. The lowest BCUT2D eigenvalue weighted by Crippen LogP contribution is -2.70. The summed E-state index contributed by atoms with van der Waals surface area (Å²) >= 11 is 0.